The van der Waals surface area contributed by atoms with E-state index >= 15 is 0 Å². The number of methoxy groups -OCH3 is 1. The number of benzene rings is 3. The van der Waals surface area contributed by atoms with Gasteiger partial charge >= 0.3 is 0 Å². The Labute approximate surface area is 202 Å². The summed E-state index contributed by atoms with van der Waals surface area (Å²) in [7, 11) is 1.69. The summed E-state index contributed by atoms with van der Waals surface area (Å²) in [5, 5.41) is 3.02. The Hall–Kier alpha value is -3.51. The largest absolute Gasteiger partial charge is 0.497 e. The van der Waals surface area contributed by atoms with Crippen molar-refractivity contribution in [2.45, 2.75) is 6.42 Å². The average Bonchev–Trinajstić information content (AvgIpc) is 2.90. The van der Waals surface area contributed by atoms with Crippen LogP contribution < -0.4 is 19.7 Å². The van der Waals surface area contributed by atoms with E-state index < -0.39 is 0 Å². The van der Waals surface area contributed by atoms with Crippen LogP contribution in [0.3, 0.4) is 0 Å². The molecule has 0 saturated carbocycles. The highest BCUT2D eigenvalue weighted by atomic mass is 16.5. The van der Waals surface area contributed by atoms with Crippen LogP contribution in [-0.4, -0.2) is 63.8 Å². The Morgan fingerprint density at radius 3 is 2.47 bits per heavy atom. The van der Waals surface area contributed by atoms with E-state index in [-0.39, 0.29) is 5.91 Å². The molecule has 6 nitrogen and oxygen atoms in total. The van der Waals surface area contributed by atoms with Crippen molar-refractivity contribution in [3.05, 3.63) is 90.0 Å². The predicted octanol–water partition coefficient (Wildman–Crippen LogP) is 3.87. The number of nitrogens with zero attached hydrogens (tertiary/aromatic N) is 2. The minimum atomic E-state index is -0.0146. The summed E-state index contributed by atoms with van der Waals surface area (Å²) in [5.41, 5.74) is 3.05. The standard InChI is InChI=1S/C28H33N3O3/c1-33-25-11-7-8-23(22-25)14-21-34-27-13-6-5-12-26(27)31-19-17-30(18-20-31)16-15-29-28(32)24-9-3-2-4-10-24/h2-13,22H,14-21H2,1H3,(H,29,32). The molecule has 3 aromatic rings. The monoisotopic (exact) mass is 459 g/mol. The van der Waals surface area contributed by atoms with Crippen LogP contribution in [0.1, 0.15) is 15.9 Å². The fourth-order valence-corrected chi connectivity index (χ4v) is 4.18. The van der Waals surface area contributed by atoms with Crippen LogP contribution in [0.25, 0.3) is 0 Å². The number of rotatable bonds is 10. The number of carbonyl (C=O) groups is 1. The lowest BCUT2D eigenvalue weighted by atomic mass is 10.1. The Balaban J connectivity index is 1.23. The first-order valence-corrected chi connectivity index (χ1v) is 11.9. The van der Waals surface area contributed by atoms with Crippen LogP contribution in [-0.2, 0) is 6.42 Å². The quantitative estimate of drug-likeness (QED) is 0.499. The van der Waals surface area contributed by atoms with Crippen molar-refractivity contribution in [1.82, 2.24) is 10.2 Å². The van der Waals surface area contributed by atoms with Gasteiger partial charge in [0.2, 0.25) is 0 Å². The molecular weight excluding hydrogens is 426 g/mol. The third-order valence-electron chi connectivity index (χ3n) is 6.11. The molecule has 178 valence electrons. The normalized spacial score (nSPS) is 14.0. The van der Waals surface area contributed by atoms with Gasteiger partial charge in [0.1, 0.15) is 11.5 Å². The molecule has 34 heavy (non-hydrogen) atoms. The lowest BCUT2D eigenvalue weighted by molar-refractivity contribution is 0.0947. The number of amides is 1. The molecule has 0 aromatic heterocycles. The van der Waals surface area contributed by atoms with E-state index in [9.17, 15) is 4.79 Å². The maximum absolute atomic E-state index is 12.2. The zero-order valence-electron chi connectivity index (χ0n) is 19.8. The lowest BCUT2D eigenvalue weighted by Gasteiger charge is -2.36. The summed E-state index contributed by atoms with van der Waals surface area (Å²) in [4.78, 5) is 17.0. The summed E-state index contributed by atoms with van der Waals surface area (Å²) in [6.45, 7) is 5.90. The summed E-state index contributed by atoms with van der Waals surface area (Å²) >= 11 is 0. The highest BCUT2D eigenvalue weighted by Gasteiger charge is 2.19. The van der Waals surface area contributed by atoms with Gasteiger partial charge < -0.3 is 19.7 Å². The third-order valence-corrected chi connectivity index (χ3v) is 6.11. The number of nitrogens with one attached hydrogen (secondary N) is 1. The van der Waals surface area contributed by atoms with E-state index in [2.05, 4.69) is 39.4 Å². The average molecular weight is 460 g/mol. The maximum atomic E-state index is 12.2. The smallest absolute Gasteiger partial charge is 0.251 e. The van der Waals surface area contributed by atoms with E-state index in [0.29, 0.717) is 18.7 Å². The summed E-state index contributed by atoms with van der Waals surface area (Å²) in [6.07, 6.45) is 0.827. The van der Waals surface area contributed by atoms with Gasteiger partial charge in [-0.3, -0.25) is 9.69 Å². The van der Waals surface area contributed by atoms with Crippen molar-refractivity contribution in [2.75, 3.05) is 57.9 Å². The highest BCUT2D eigenvalue weighted by Crippen LogP contribution is 2.29. The van der Waals surface area contributed by atoms with Gasteiger partial charge in [-0.15, -0.1) is 0 Å². The third kappa shape index (κ3) is 6.51. The fraction of sp³-hybridized carbons (Fsp3) is 0.321. The number of anilines is 1. The minimum absolute atomic E-state index is 0.0146. The molecule has 0 bridgehead atoms. The van der Waals surface area contributed by atoms with E-state index in [4.69, 9.17) is 9.47 Å². The first kappa shape index (κ1) is 23.6. The van der Waals surface area contributed by atoms with Crippen LogP contribution in [0.15, 0.2) is 78.9 Å². The van der Waals surface area contributed by atoms with Crippen molar-refractivity contribution in [3.8, 4) is 11.5 Å². The van der Waals surface area contributed by atoms with Gasteiger partial charge in [0, 0.05) is 51.3 Å². The van der Waals surface area contributed by atoms with Gasteiger partial charge in [-0.25, -0.2) is 0 Å². The van der Waals surface area contributed by atoms with Crippen molar-refractivity contribution in [3.63, 3.8) is 0 Å². The molecule has 0 radical (unpaired) electrons. The summed E-state index contributed by atoms with van der Waals surface area (Å²) < 4.78 is 11.5. The SMILES string of the molecule is COc1cccc(CCOc2ccccc2N2CCN(CCNC(=O)c3ccccc3)CC2)c1. The van der Waals surface area contributed by atoms with E-state index in [1.807, 2.05) is 54.6 Å². The number of carbonyl (C=O) groups excluding carboxylic acids is 1. The number of hydrogen-bond acceptors (Lipinski definition) is 5. The summed E-state index contributed by atoms with van der Waals surface area (Å²) in [5.74, 6) is 1.78. The van der Waals surface area contributed by atoms with Gasteiger partial charge in [-0.2, -0.15) is 0 Å². The number of piperazine rings is 1. The van der Waals surface area contributed by atoms with Crippen LogP contribution in [0.5, 0.6) is 11.5 Å². The molecule has 0 unspecified atom stereocenters. The van der Waals surface area contributed by atoms with Crippen molar-refractivity contribution in [2.24, 2.45) is 0 Å². The molecule has 1 heterocycles. The van der Waals surface area contributed by atoms with Crippen molar-refractivity contribution in [1.29, 1.82) is 0 Å². The number of hydrogen-bond donors (Lipinski definition) is 1. The Morgan fingerprint density at radius 1 is 0.912 bits per heavy atom. The first-order chi connectivity index (χ1) is 16.7. The zero-order valence-corrected chi connectivity index (χ0v) is 19.8. The molecule has 1 fully saturated rings. The highest BCUT2D eigenvalue weighted by molar-refractivity contribution is 5.94. The zero-order chi connectivity index (χ0) is 23.6. The van der Waals surface area contributed by atoms with Gasteiger partial charge in [0.15, 0.2) is 0 Å². The second-order valence-electron chi connectivity index (χ2n) is 8.37. The first-order valence-electron chi connectivity index (χ1n) is 11.9. The Bertz CT molecular complexity index is 1050. The Kier molecular flexibility index (Phi) is 8.41. The molecule has 1 aliphatic rings. The van der Waals surface area contributed by atoms with Gasteiger partial charge in [0.05, 0.1) is 19.4 Å². The molecule has 1 N–H and O–H groups in total. The van der Waals surface area contributed by atoms with E-state index in [1.165, 1.54) is 5.56 Å². The molecule has 1 aliphatic heterocycles. The molecule has 1 amide bonds. The number of para-hydroxylation sites is 2. The molecule has 0 spiro atoms. The van der Waals surface area contributed by atoms with Crippen LogP contribution in [0.2, 0.25) is 0 Å². The van der Waals surface area contributed by atoms with Crippen molar-refractivity contribution < 1.29 is 14.3 Å². The molecule has 6 heteroatoms. The molecular formula is C28H33N3O3. The molecule has 0 aliphatic carbocycles. The van der Waals surface area contributed by atoms with Crippen LogP contribution >= 0.6 is 0 Å². The number of ether oxygens (including phenoxy) is 2. The van der Waals surface area contributed by atoms with E-state index in [0.717, 1.165) is 56.3 Å². The fourth-order valence-electron chi connectivity index (χ4n) is 4.18. The predicted molar refractivity (Wildman–Crippen MR) is 136 cm³/mol. The Morgan fingerprint density at radius 2 is 1.68 bits per heavy atom. The van der Waals surface area contributed by atoms with Gasteiger partial charge in [-0.1, -0.05) is 42.5 Å². The molecule has 3 aromatic carbocycles. The molecule has 0 atom stereocenters. The van der Waals surface area contributed by atoms with Crippen LogP contribution in [0, 0.1) is 0 Å². The second kappa shape index (κ2) is 12.1. The molecule has 1 saturated heterocycles. The topological polar surface area (TPSA) is 54.0 Å². The second-order valence-corrected chi connectivity index (χ2v) is 8.37. The van der Waals surface area contributed by atoms with Crippen LogP contribution in [0.4, 0.5) is 5.69 Å². The van der Waals surface area contributed by atoms with Gasteiger partial charge in [-0.05, 0) is 42.0 Å². The minimum Gasteiger partial charge on any atom is -0.497 e. The molecule has 4 rings (SSSR count). The van der Waals surface area contributed by atoms with Gasteiger partial charge in [0.25, 0.3) is 5.91 Å². The van der Waals surface area contributed by atoms with E-state index in [1.54, 1.807) is 7.11 Å². The summed E-state index contributed by atoms with van der Waals surface area (Å²) in [6, 6.07) is 25.7. The maximum Gasteiger partial charge on any atom is 0.251 e. The lowest BCUT2D eigenvalue weighted by Crippen LogP contribution is -2.48. The van der Waals surface area contributed by atoms with Crippen molar-refractivity contribution >= 4 is 11.6 Å².